The number of halogens is 2. The maximum absolute atomic E-state index is 13.8. The molecule has 3 aromatic rings. The predicted octanol–water partition coefficient (Wildman–Crippen LogP) is 6.07. The van der Waals surface area contributed by atoms with Crippen molar-refractivity contribution in [1.29, 1.82) is 0 Å². The molecule has 1 N–H and O–H groups in total. The van der Waals surface area contributed by atoms with Gasteiger partial charge in [-0.15, -0.1) is 0 Å². The molecule has 0 heterocycles. The second-order valence-electron chi connectivity index (χ2n) is 6.74. The third-order valence-electron chi connectivity index (χ3n) is 4.48. The molecule has 0 unspecified atom stereocenters. The number of anilines is 1. The van der Waals surface area contributed by atoms with Crippen LogP contribution in [0.5, 0.6) is 5.75 Å². The summed E-state index contributed by atoms with van der Waals surface area (Å²) in [5, 5.41) is 2.54. The molecule has 148 valence electrons. The third kappa shape index (κ3) is 4.51. The minimum absolute atomic E-state index is 0.445. The highest BCUT2D eigenvalue weighted by atomic mass is 19.1. The maximum Gasteiger partial charge on any atom is 0.261 e. The largest absolute Gasteiger partial charge is 0.497 e. The minimum atomic E-state index is -0.899. The number of nitrogens with one attached hydrogen (secondary N) is 1. The van der Waals surface area contributed by atoms with Crippen LogP contribution in [-0.4, -0.2) is 13.0 Å². The van der Waals surface area contributed by atoms with Crippen molar-refractivity contribution >= 4 is 17.2 Å². The van der Waals surface area contributed by atoms with Crippen molar-refractivity contribution in [3.05, 3.63) is 101 Å². The van der Waals surface area contributed by atoms with Gasteiger partial charge in [-0.25, -0.2) is 8.78 Å². The number of benzene rings is 3. The van der Waals surface area contributed by atoms with Crippen LogP contribution in [0, 0.1) is 11.6 Å². The molecule has 0 aliphatic heterocycles. The Morgan fingerprint density at radius 2 is 1.48 bits per heavy atom. The van der Waals surface area contributed by atoms with Gasteiger partial charge < -0.3 is 10.1 Å². The molecule has 0 atom stereocenters. The lowest BCUT2D eigenvalue weighted by Crippen LogP contribution is -2.15. The summed E-state index contributed by atoms with van der Waals surface area (Å²) in [6.07, 6.45) is 0. The Labute approximate surface area is 168 Å². The highest BCUT2D eigenvalue weighted by Crippen LogP contribution is 2.30. The van der Waals surface area contributed by atoms with Crippen LogP contribution in [-0.2, 0) is 0 Å². The van der Waals surface area contributed by atoms with Crippen LogP contribution >= 0.6 is 0 Å². The Morgan fingerprint density at radius 1 is 0.862 bits per heavy atom. The summed E-state index contributed by atoms with van der Waals surface area (Å²) in [4.78, 5) is 12.3. The first-order valence-corrected chi connectivity index (χ1v) is 9.08. The lowest BCUT2D eigenvalue weighted by Gasteiger charge is -2.13. The van der Waals surface area contributed by atoms with Gasteiger partial charge in [-0.2, -0.15) is 0 Å². The van der Waals surface area contributed by atoms with E-state index >= 15 is 0 Å². The van der Waals surface area contributed by atoms with Crippen LogP contribution in [0.25, 0.3) is 5.57 Å². The zero-order chi connectivity index (χ0) is 21.0. The lowest BCUT2D eigenvalue weighted by atomic mass is 9.94. The molecule has 0 spiro atoms. The average molecular weight is 393 g/mol. The fraction of sp³-hybridized carbons (Fsp3) is 0.125. The molecule has 0 saturated heterocycles. The molecule has 0 aliphatic carbocycles. The maximum atomic E-state index is 13.8. The molecule has 0 aromatic heterocycles. The molecule has 0 fully saturated rings. The molecule has 29 heavy (non-hydrogen) atoms. The molecule has 3 aromatic carbocycles. The predicted molar refractivity (Wildman–Crippen MR) is 111 cm³/mol. The van der Waals surface area contributed by atoms with E-state index < -0.39 is 23.1 Å². The summed E-state index contributed by atoms with van der Waals surface area (Å²) in [7, 11) is 1.62. The van der Waals surface area contributed by atoms with Crippen LogP contribution in [0.3, 0.4) is 0 Å². The van der Waals surface area contributed by atoms with E-state index in [4.69, 9.17) is 4.74 Å². The van der Waals surface area contributed by atoms with Gasteiger partial charge in [0.05, 0.1) is 7.11 Å². The summed E-state index contributed by atoms with van der Waals surface area (Å²) < 4.78 is 32.9. The number of allylic oxidation sites excluding steroid dienone is 1. The molecular weight excluding hydrogens is 372 g/mol. The van der Waals surface area contributed by atoms with E-state index in [1.807, 2.05) is 50.2 Å². The normalized spacial score (nSPS) is 10.4. The number of hydrogen-bond acceptors (Lipinski definition) is 2. The zero-order valence-electron chi connectivity index (χ0n) is 16.4. The van der Waals surface area contributed by atoms with E-state index in [2.05, 4.69) is 5.32 Å². The van der Waals surface area contributed by atoms with Crippen molar-refractivity contribution < 1.29 is 18.3 Å². The smallest absolute Gasteiger partial charge is 0.261 e. The Bertz CT molecular complexity index is 1050. The van der Waals surface area contributed by atoms with E-state index in [-0.39, 0.29) is 0 Å². The first-order valence-electron chi connectivity index (χ1n) is 9.08. The number of amides is 1. The topological polar surface area (TPSA) is 38.3 Å². The molecule has 1 amide bonds. The molecule has 5 heteroatoms. The molecule has 0 bridgehead atoms. The highest BCUT2D eigenvalue weighted by Gasteiger charge is 2.17. The van der Waals surface area contributed by atoms with Crippen molar-refractivity contribution in [3.8, 4) is 5.75 Å². The Morgan fingerprint density at radius 3 is 2.07 bits per heavy atom. The van der Waals surface area contributed by atoms with E-state index in [0.717, 1.165) is 40.2 Å². The number of rotatable bonds is 5. The Hall–Kier alpha value is -3.47. The molecule has 3 rings (SSSR count). The minimum Gasteiger partial charge on any atom is -0.497 e. The third-order valence-corrected chi connectivity index (χ3v) is 4.48. The van der Waals surface area contributed by atoms with Gasteiger partial charge in [0.15, 0.2) is 0 Å². The van der Waals surface area contributed by atoms with Crippen molar-refractivity contribution in [2.45, 2.75) is 13.8 Å². The van der Waals surface area contributed by atoms with Crippen LogP contribution in [0.1, 0.15) is 35.3 Å². The highest BCUT2D eigenvalue weighted by molar-refractivity contribution is 6.04. The second-order valence-corrected chi connectivity index (χ2v) is 6.74. The Kier molecular flexibility index (Phi) is 6.07. The van der Waals surface area contributed by atoms with Gasteiger partial charge in [0, 0.05) is 5.69 Å². The summed E-state index contributed by atoms with van der Waals surface area (Å²) in [5.41, 5.74) is 3.96. The monoisotopic (exact) mass is 393 g/mol. The fourth-order valence-electron chi connectivity index (χ4n) is 3.15. The van der Waals surface area contributed by atoms with Gasteiger partial charge in [0.2, 0.25) is 0 Å². The number of carbonyl (C=O) groups is 1. The number of hydrogen-bond donors (Lipinski definition) is 1. The van der Waals surface area contributed by atoms with Crippen LogP contribution < -0.4 is 10.1 Å². The first-order chi connectivity index (χ1) is 13.9. The number of carbonyl (C=O) groups excluding carboxylic acids is 1. The molecule has 0 radical (unpaired) electrons. The van der Waals surface area contributed by atoms with Gasteiger partial charge in [-0.3, -0.25) is 4.79 Å². The molecule has 3 nitrogen and oxygen atoms in total. The zero-order valence-corrected chi connectivity index (χ0v) is 16.4. The average Bonchev–Trinajstić information content (AvgIpc) is 2.69. The molecular formula is C24H21F2NO2. The summed E-state index contributed by atoms with van der Waals surface area (Å²) >= 11 is 0. The van der Waals surface area contributed by atoms with Crippen LogP contribution in [0.2, 0.25) is 0 Å². The summed E-state index contributed by atoms with van der Waals surface area (Å²) in [6, 6.07) is 18.2. The fourth-order valence-corrected chi connectivity index (χ4v) is 3.15. The van der Waals surface area contributed by atoms with E-state index in [1.165, 1.54) is 6.07 Å². The molecule has 0 saturated carbocycles. The van der Waals surface area contributed by atoms with Gasteiger partial charge in [-0.05, 0) is 66.9 Å². The van der Waals surface area contributed by atoms with E-state index in [9.17, 15) is 13.6 Å². The SMILES string of the molecule is COc1cccc(C(=C(C)C)c2ccc(NC(=O)c3c(F)cccc3F)cc2)c1. The lowest BCUT2D eigenvalue weighted by molar-refractivity contribution is 0.101. The number of ether oxygens (including phenoxy) is 1. The molecule has 0 aliphatic rings. The van der Waals surface area contributed by atoms with Crippen molar-refractivity contribution in [2.24, 2.45) is 0 Å². The Balaban J connectivity index is 1.87. The van der Waals surface area contributed by atoms with Gasteiger partial charge in [0.1, 0.15) is 22.9 Å². The van der Waals surface area contributed by atoms with Crippen LogP contribution in [0.15, 0.2) is 72.3 Å². The summed E-state index contributed by atoms with van der Waals surface area (Å²) in [6.45, 7) is 4.04. The quantitative estimate of drug-likeness (QED) is 0.572. The van der Waals surface area contributed by atoms with Crippen molar-refractivity contribution in [1.82, 2.24) is 0 Å². The van der Waals surface area contributed by atoms with Gasteiger partial charge in [0.25, 0.3) is 5.91 Å². The van der Waals surface area contributed by atoms with Crippen LogP contribution in [0.4, 0.5) is 14.5 Å². The number of methoxy groups -OCH3 is 1. The van der Waals surface area contributed by atoms with Crippen molar-refractivity contribution in [2.75, 3.05) is 12.4 Å². The van der Waals surface area contributed by atoms with Gasteiger partial charge >= 0.3 is 0 Å². The second kappa shape index (κ2) is 8.69. The van der Waals surface area contributed by atoms with E-state index in [1.54, 1.807) is 19.2 Å². The van der Waals surface area contributed by atoms with Gasteiger partial charge in [-0.1, -0.05) is 35.9 Å². The first kappa shape index (κ1) is 20.3. The standard InChI is InChI=1S/C24H21F2NO2/c1-15(2)22(17-6-4-7-19(14-17)29-3)16-10-12-18(13-11-16)27-24(28)23-20(25)8-5-9-21(23)26/h4-14H,1-3H3,(H,27,28). The van der Waals surface area contributed by atoms with Crippen molar-refractivity contribution in [3.63, 3.8) is 0 Å². The van der Waals surface area contributed by atoms with E-state index in [0.29, 0.717) is 5.69 Å². The summed E-state index contributed by atoms with van der Waals surface area (Å²) in [5.74, 6) is -1.87.